The average Bonchev–Trinajstić information content (AvgIpc) is 1.73. The number of allylic oxidation sites excluding steroid dienone is 3. The van der Waals surface area contributed by atoms with Gasteiger partial charge in [0.1, 0.15) is 52.4 Å². The quantitative estimate of drug-likeness (QED) is 0.0139. The zero-order chi connectivity index (χ0) is 62.4. The number of anilines is 3. The zero-order valence-corrected chi connectivity index (χ0v) is 52.1. The molecular formula is C58H79BrCl2N8O15. The maximum Gasteiger partial charge on any atom is 0.412 e. The maximum atomic E-state index is 14.4. The van der Waals surface area contributed by atoms with Crippen LogP contribution < -0.4 is 47.3 Å². The van der Waals surface area contributed by atoms with Crippen LogP contribution in [0.5, 0.6) is 5.75 Å². The summed E-state index contributed by atoms with van der Waals surface area (Å²) in [6.45, 7) is 16.1. The van der Waals surface area contributed by atoms with Crippen molar-refractivity contribution < 1.29 is 71.9 Å². The van der Waals surface area contributed by atoms with Gasteiger partial charge in [0.25, 0.3) is 0 Å². The molecule has 0 spiro atoms. The van der Waals surface area contributed by atoms with E-state index in [1.54, 1.807) is 65.8 Å². The monoisotopic (exact) mass is 1280 g/mol. The topological polar surface area (TPSA) is 317 Å². The molecule has 462 valence electrons. The summed E-state index contributed by atoms with van der Waals surface area (Å²) in [7, 11) is 4.38. The minimum Gasteiger partial charge on any atom is -0.495 e. The third kappa shape index (κ3) is 18.8. The van der Waals surface area contributed by atoms with Gasteiger partial charge in [0, 0.05) is 56.1 Å². The molecule has 0 aliphatic carbocycles. The first kappa shape index (κ1) is 68.3. The molecule has 2 aromatic carbocycles. The average molecular weight is 1280 g/mol. The molecule has 2 fully saturated rings. The summed E-state index contributed by atoms with van der Waals surface area (Å²) >= 11 is 16.8. The minimum atomic E-state index is -1.91. The van der Waals surface area contributed by atoms with Crippen molar-refractivity contribution >= 4 is 104 Å². The molecule has 3 aliphatic heterocycles. The number of hydrogen-bond acceptors (Lipinski definition) is 15. The van der Waals surface area contributed by atoms with Crippen LogP contribution in [0.3, 0.4) is 0 Å². The van der Waals surface area contributed by atoms with E-state index in [4.69, 9.17) is 57.4 Å². The van der Waals surface area contributed by atoms with Crippen LogP contribution in [-0.4, -0.2) is 139 Å². The van der Waals surface area contributed by atoms with Crippen molar-refractivity contribution in [3.8, 4) is 5.75 Å². The van der Waals surface area contributed by atoms with E-state index in [1.165, 1.54) is 44.4 Å². The molecule has 0 radical (unpaired) electrons. The van der Waals surface area contributed by atoms with Crippen molar-refractivity contribution in [3.05, 3.63) is 81.9 Å². The number of carbonyl (C=O) groups is 8. The normalized spacial score (nSPS) is 24.2. The number of rotatable bonds is 22. The van der Waals surface area contributed by atoms with Gasteiger partial charge in [0.15, 0.2) is 5.72 Å². The van der Waals surface area contributed by atoms with Gasteiger partial charge in [-0.05, 0) is 108 Å². The Morgan fingerprint density at radius 3 is 2.39 bits per heavy atom. The molecule has 84 heavy (non-hydrogen) atoms. The molecule has 23 nitrogen and oxygen atoms in total. The number of amides is 8. The molecule has 2 aromatic rings. The van der Waals surface area contributed by atoms with Gasteiger partial charge >= 0.3 is 24.2 Å². The van der Waals surface area contributed by atoms with Crippen LogP contribution in [-0.2, 0) is 54.1 Å². The Bertz CT molecular complexity index is 2850. The van der Waals surface area contributed by atoms with Crippen molar-refractivity contribution in [2.45, 2.75) is 160 Å². The fraction of sp³-hybridized carbons (Fsp3) is 0.552. The molecule has 9 N–H and O–H groups in total. The molecular weight excluding hydrogens is 1200 g/mol. The van der Waals surface area contributed by atoms with Crippen LogP contribution in [0, 0.1) is 11.8 Å². The summed E-state index contributed by atoms with van der Waals surface area (Å²) in [5, 5.41) is 28.1. The molecule has 0 aromatic heterocycles. The van der Waals surface area contributed by atoms with Crippen LogP contribution in [0.2, 0.25) is 10.0 Å². The second-order valence-electron chi connectivity index (χ2n) is 22.4. The first-order valence-corrected chi connectivity index (χ1v) is 29.4. The number of carbonyl (C=O) groups excluding carboxylic acids is 8. The smallest absolute Gasteiger partial charge is 0.412 e. The number of fused-ring (bicyclic) bond motifs is 5. The van der Waals surface area contributed by atoms with E-state index in [9.17, 15) is 43.5 Å². The third-order valence-corrected chi connectivity index (χ3v) is 16.2. The first-order chi connectivity index (χ1) is 39.4. The van der Waals surface area contributed by atoms with Crippen molar-refractivity contribution in [2.75, 3.05) is 48.7 Å². The highest BCUT2D eigenvalue weighted by Gasteiger charge is 2.64. The summed E-state index contributed by atoms with van der Waals surface area (Å²) in [6, 6.07) is 4.67. The maximum absolute atomic E-state index is 14.4. The number of urea groups is 1. The lowest BCUT2D eigenvalue weighted by molar-refractivity contribution is -0.152. The van der Waals surface area contributed by atoms with Gasteiger partial charge in [0.2, 0.25) is 23.6 Å². The summed E-state index contributed by atoms with van der Waals surface area (Å²) < 4.78 is 34.9. The Morgan fingerprint density at radius 2 is 1.75 bits per heavy atom. The molecule has 0 saturated carbocycles. The summed E-state index contributed by atoms with van der Waals surface area (Å²) in [4.78, 5) is 108. The number of alkyl halides is 1. The fourth-order valence-electron chi connectivity index (χ4n) is 9.89. The summed E-state index contributed by atoms with van der Waals surface area (Å²) in [6.07, 6.45) is 0.765. The Kier molecular flexibility index (Phi) is 24.5. The van der Waals surface area contributed by atoms with E-state index < -0.39 is 119 Å². The predicted octanol–water partition coefficient (Wildman–Crippen LogP) is 7.87. The molecule has 3 heterocycles. The molecule has 8 amide bonds. The van der Waals surface area contributed by atoms with Crippen molar-refractivity contribution in [1.29, 1.82) is 0 Å². The highest BCUT2D eigenvalue weighted by molar-refractivity contribution is 9.09. The van der Waals surface area contributed by atoms with E-state index in [0.29, 0.717) is 37.1 Å². The van der Waals surface area contributed by atoms with E-state index >= 15 is 0 Å². The van der Waals surface area contributed by atoms with E-state index in [0.717, 1.165) is 11.1 Å². The van der Waals surface area contributed by atoms with Gasteiger partial charge in [-0.1, -0.05) is 90.3 Å². The van der Waals surface area contributed by atoms with Crippen LogP contribution in [0.25, 0.3) is 0 Å². The number of nitrogens with zero attached hydrogens (tertiary/aromatic N) is 1. The number of hydrogen-bond donors (Lipinski definition) is 8. The van der Waals surface area contributed by atoms with E-state index in [2.05, 4.69) is 54.4 Å². The number of halogens is 3. The number of esters is 1. The highest BCUT2D eigenvalue weighted by atomic mass is 79.9. The van der Waals surface area contributed by atoms with Gasteiger partial charge in [-0.25, -0.2) is 19.2 Å². The Morgan fingerprint density at radius 1 is 1.04 bits per heavy atom. The largest absolute Gasteiger partial charge is 0.495 e. The van der Waals surface area contributed by atoms with Crippen molar-refractivity contribution in [1.82, 2.24) is 21.3 Å². The minimum absolute atomic E-state index is 0.0307. The Balaban J connectivity index is 1.32. The molecule has 0 unspecified atom stereocenters. The number of epoxide rings is 1. The summed E-state index contributed by atoms with van der Waals surface area (Å²) in [5.41, 5.74) is 3.59. The van der Waals surface area contributed by atoms with Crippen LogP contribution >= 0.6 is 39.1 Å². The van der Waals surface area contributed by atoms with Gasteiger partial charge in [-0.3, -0.25) is 29.8 Å². The predicted molar refractivity (Wildman–Crippen MR) is 320 cm³/mol. The molecule has 26 heteroatoms. The lowest BCUT2D eigenvalue weighted by atomic mass is 9.83. The van der Waals surface area contributed by atoms with Crippen LogP contribution in [0.15, 0.2) is 66.3 Å². The number of unbranched alkanes of at least 4 members (excludes halogenated alkanes) is 1. The van der Waals surface area contributed by atoms with Gasteiger partial charge in [-0.15, -0.1) is 0 Å². The molecule has 2 saturated heterocycles. The molecule has 9 atom stereocenters. The van der Waals surface area contributed by atoms with Gasteiger partial charge in [-0.2, -0.15) is 0 Å². The number of primary amides is 1. The van der Waals surface area contributed by atoms with Gasteiger partial charge in [0.05, 0.1) is 36.0 Å². The molecule has 4 bridgehead atoms. The highest BCUT2D eigenvalue weighted by Crippen LogP contribution is 2.49. The van der Waals surface area contributed by atoms with E-state index in [1.807, 2.05) is 13.0 Å². The van der Waals surface area contributed by atoms with Crippen LogP contribution in [0.4, 0.5) is 31.4 Å². The van der Waals surface area contributed by atoms with E-state index in [-0.39, 0.29) is 64.6 Å². The SMILES string of the molecule is C=C(CBr)C(=O)OC(C)(C)CCCCC(=O)N[C@H](C(=O)N[C@@H](CCCNC(N)=O)C(=O)Nc1ccc(NC(=O)O[C@H]2CC(=O)N(C)c3cc(cc(OC)c3Cl)C/C(C)=C/C=C/[C@@H](OC)[C@@]3(O)C[C@H](OC(=O)N3)[C@@H](C)[C@@H]3O[C@@]23C)c(Cl)c1)C(C)C. The lowest BCUT2D eigenvalue weighted by Crippen LogP contribution is -2.63. The molecule has 5 rings (SSSR count). The summed E-state index contributed by atoms with van der Waals surface area (Å²) in [5.74, 6) is -3.49. The number of ether oxygens (including phenoxy) is 6. The fourth-order valence-corrected chi connectivity index (χ4v) is 10.7. The first-order valence-electron chi connectivity index (χ1n) is 27.5. The lowest BCUT2D eigenvalue weighted by Gasteiger charge is -2.42. The second kappa shape index (κ2) is 30.1. The number of nitrogens with two attached hydrogens (primary N) is 1. The molecule has 3 aliphatic rings. The number of aliphatic hydroxyl groups is 1. The van der Waals surface area contributed by atoms with Crippen LogP contribution in [0.1, 0.15) is 105 Å². The Labute approximate surface area is 508 Å². The number of benzene rings is 2. The standard InChI is InChI=1S/C58H79BrCl2N8O15/c1-31(2)48(67-45(70)19-12-13-22-56(6,7)84-52(74)33(4)30-59)51(73)65-39(17-15-23-63-53(62)75)50(72)64-36-20-21-38(37(60)27-36)66-54(76)82-44-28-46(71)69(9)40-25-35(26-41(79-10)47(40)61)24-32(3)16-14-18-43(80-11)58(78)29-42(81-55(77)68-58)34(5)49-57(44,8)83-49/h14,16,18,20-21,25-27,31,34,39,42-44,48-49,78H,4,12-13,15,17,19,22-24,28-30H2,1-3,5-11H3,(H,64,72)(H,65,73)(H,66,76)(H,67,70)(H,68,77)(H3,62,63,75)/b18-14+,32-16+/t34-,39+,42+,43-,44+,48+,49+,57+,58+/m1/s1. The zero-order valence-electron chi connectivity index (χ0n) is 49.0. The van der Waals surface area contributed by atoms with Gasteiger partial charge < -0.3 is 65.4 Å². The van der Waals surface area contributed by atoms with Crippen molar-refractivity contribution in [3.63, 3.8) is 0 Å². The third-order valence-electron chi connectivity index (χ3n) is 14.8. The second-order valence-corrected chi connectivity index (χ2v) is 23.7. The number of methoxy groups -OCH3 is 2. The van der Waals surface area contributed by atoms with Crippen molar-refractivity contribution in [2.24, 2.45) is 17.6 Å². The number of nitrogens with one attached hydrogen (secondary N) is 6. The number of alkyl carbamates (subject to hydrolysis) is 1. The Hall–Kier alpha value is -6.44.